The Morgan fingerprint density at radius 3 is 2.37 bits per heavy atom. The Balaban J connectivity index is 0.00000364. The molecule has 0 saturated heterocycles. The summed E-state index contributed by atoms with van der Waals surface area (Å²) in [5.74, 6) is 0.402. The van der Waals surface area contributed by atoms with Crippen LogP contribution in [0.1, 0.15) is 27.0 Å². The fraction of sp³-hybridized carbons (Fsp3) is 0.300. The average Bonchev–Trinajstić information content (AvgIpc) is 2.68. The monoisotopic (exact) mass is 499 g/mol. The largest absolute Gasteiger partial charge is 0.465 e. The van der Waals surface area contributed by atoms with Gasteiger partial charge in [-0.05, 0) is 48.1 Å². The zero-order valence-electron chi connectivity index (χ0n) is 16.0. The van der Waals surface area contributed by atoms with Crippen molar-refractivity contribution in [2.24, 2.45) is 4.99 Å². The number of carbonyl (C=O) groups excluding carboxylic acids is 1. The first-order valence-corrected chi connectivity index (χ1v) is 9.55. The van der Waals surface area contributed by atoms with Crippen LogP contribution in [0.2, 0.25) is 0 Å². The third-order valence-electron chi connectivity index (χ3n) is 3.95. The maximum atomic E-state index is 11.5. The zero-order valence-corrected chi connectivity index (χ0v) is 19.2. The molecule has 7 heteroatoms. The van der Waals surface area contributed by atoms with Crippen molar-refractivity contribution in [1.82, 2.24) is 10.6 Å². The Morgan fingerprint density at radius 2 is 1.78 bits per heavy atom. The van der Waals surface area contributed by atoms with Crippen molar-refractivity contribution in [3.05, 3.63) is 64.7 Å². The predicted octanol–water partition coefficient (Wildman–Crippen LogP) is 3.99. The maximum Gasteiger partial charge on any atom is 0.337 e. The number of aliphatic imine (C=N–C) groups is 1. The number of carbonyl (C=O) groups is 1. The molecular formula is C20H26IN3O2S. The standard InChI is InChI=1S/C20H25N3O2S.HI/c1-14-5-8-17(18(11-14)26-4)13-23-20(21-2)22-12-15-6-9-16(10-7-15)19(24)25-3;/h5-11H,12-13H2,1-4H3,(H2,21,22,23);1H. The first kappa shape index (κ1) is 23.3. The minimum absolute atomic E-state index is 0. The highest BCUT2D eigenvalue weighted by Crippen LogP contribution is 2.21. The van der Waals surface area contributed by atoms with E-state index in [9.17, 15) is 4.79 Å². The number of nitrogens with one attached hydrogen (secondary N) is 2. The molecule has 0 saturated carbocycles. The molecule has 2 aromatic rings. The van der Waals surface area contributed by atoms with Gasteiger partial charge in [-0.2, -0.15) is 0 Å². The van der Waals surface area contributed by atoms with Crippen LogP contribution < -0.4 is 10.6 Å². The number of hydrogen-bond donors (Lipinski definition) is 2. The minimum atomic E-state index is -0.329. The quantitative estimate of drug-likeness (QED) is 0.207. The summed E-state index contributed by atoms with van der Waals surface area (Å²) in [7, 11) is 3.13. The van der Waals surface area contributed by atoms with E-state index in [0.29, 0.717) is 18.7 Å². The summed E-state index contributed by atoms with van der Waals surface area (Å²) in [5, 5.41) is 6.62. The van der Waals surface area contributed by atoms with Gasteiger partial charge in [0.1, 0.15) is 0 Å². The van der Waals surface area contributed by atoms with Crippen LogP contribution in [0.15, 0.2) is 52.4 Å². The number of halogens is 1. The van der Waals surface area contributed by atoms with Gasteiger partial charge in [0.2, 0.25) is 0 Å². The number of guanidine groups is 1. The first-order chi connectivity index (χ1) is 12.6. The maximum absolute atomic E-state index is 11.5. The molecule has 146 valence electrons. The minimum Gasteiger partial charge on any atom is -0.465 e. The van der Waals surface area contributed by atoms with Crippen molar-refractivity contribution >= 4 is 47.7 Å². The van der Waals surface area contributed by atoms with Crippen LogP contribution in [0.3, 0.4) is 0 Å². The van der Waals surface area contributed by atoms with Crippen molar-refractivity contribution in [3.8, 4) is 0 Å². The van der Waals surface area contributed by atoms with Gasteiger partial charge in [0.25, 0.3) is 0 Å². The topological polar surface area (TPSA) is 62.7 Å². The number of benzene rings is 2. The number of nitrogens with zero attached hydrogens (tertiary/aromatic N) is 1. The van der Waals surface area contributed by atoms with Crippen molar-refractivity contribution in [1.29, 1.82) is 0 Å². The third-order valence-corrected chi connectivity index (χ3v) is 4.77. The number of esters is 1. The Morgan fingerprint density at radius 1 is 1.11 bits per heavy atom. The molecule has 27 heavy (non-hydrogen) atoms. The van der Waals surface area contributed by atoms with Gasteiger partial charge >= 0.3 is 5.97 Å². The fourth-order valence-electron chi connectivity index (χ4n) is 2.46. The highest BCUT2D eigenvalue weighted by molar-refractivity contribution is 14.0. The van der Waals surface area contributed by atoms with E-state index >= 15 is 0 Å². The van der Waals surface area contributed by atoms with Crippen molar-refractivity contribution in [2.45, 2.75) is 24.9 Å². The lowest BCUT2D eigenvalue weighted by atomic mass is 10.1. The summed E-state index contributed by atoms with van der Waals surface area (Å²) in [6.07, 6.45) is 2.09. The van der Waals surface area contributed by atoms with Gasteiger partial charge in [-0.1, -0.05) is 24.3 Å². The SMILES string of the molecule is CN=C(NCc1ccc(C(=O)OC)cc1)NCc1ccc(C)cc1SC.I. The van der Waals surface area contributed by atoms with Gasteiger partial charge in [0.15, 0.2) is 5.96 Å². The van der Waals surface area contributed by atoms with Gasteiger partial charge in [-0.15, -0.1) is 35.7 Å². The second-order valence-corrected chi connectivity index (χ2v) is 6.63. The number of aryl methyl sites for hydroxylation is 1. The third kappa shape index (κ3) is 7.06. The summed E-state index contributed by atoms with van der Waals surface area (Å²) in [6.45, 7) is 3.42. The zero-order chi connectivity index (χ0) is 18.9. The molecule has 5 nitrogen and oxygen atoms in total. The molecule has 0 aliphatic carbocycles. The summed E-state index contributed by atoms with van der Waals surface area (Å²) in [6, 6.07) is 13.8. The molecule has 0 aliphatic heterocycles. The molecule has 0 bridgehead atoms. The van der Waals surface area contributed by atoms with Gasteiger partial charge in [0, 0.05) is 25.0 Å². The van der Waals surface area contributed by atoms with Crippen LogP contribution >= 0.6 is 35.7 Å². The van der Waals surface area contributed by atoms with Crippen molar-refractivity contribution in [3.63, 3.8) is 0 Å². The van der Waals surface area contributed by atoms with Crippen LogP contribution in [0, 0.1) is 6.92 Å². The number of methoxy groups -OCH3 is 1. The van der Waals surface area contributed by atoms with Crippen molar-refractivity contribution < 1.29 is 9.53 Å². The molecule has 0 aromatic heterocycles. The molecule has 0 unspecified atom stereocenters. The lowest BCUT2D eigenvalue weighted by Crippen LogP contribution is -2.36. The lowest BCUT2D eigenvalue weighted by molar-refractivity contribution is 0.0600. The molecule has 0 heterocycles. The molecule has 0 amide bonds. The second kappa shape index (κ2) is 11.9. The second-order valence-electron chi connectivity index (χ2n) is 5.78. The fourth-order valence-corrected chi connectivity index (χ4v) is 3.17. The van der Waals surface area contributed by atoms with Crippen molar-refractivity contribution in [2.75, 3.05) is 20.4 Å². The van der Waals surface area contributed by atoms with E-state index in [0.717, 1.165) is 11.5 Å². The number of ether oxygens (including phenoxy) is 1. The molecular weight excluding hydrogens is 473 g/mol. The summed E-state index contributed by atoms with van der Waals surface area (Å²) in [4.78, 5) is 17.0. The summed E-state index contributed by atoms with van der Waals surface area (Å²) in [5.41, 5.74) is 4.10. The van der Waals surface area contributed by atoms with Crippen LogP contribution in [0.25, 0.3) is 0 Å². The van der Waals surface area contributed by atoms with E-state index in [-0.39, 0.29) is 29.9 Å². The van der Waals surface area contributed by atoms with E-state index in [4.69, 9.17) is 4.74 Å². The van der Waals surface area contributed by atoms with E-state index in [1.165, 1.54) is 23.1 Å². The predicted molar refractivity (Wildman–Crippen MR) is 123 cm³/mol. The number of thioether (sulfide) groups is 1. The van der Waals surface area contributed by atoms with Crippen LogP contribution in [0.4, 0.5) is 0 Å². The molecule has 0 spiro atoms. The summed E-state index contributed by atoms with van der Waals surface area (Å²) < 4.78 is 4.71. The number of hydrogen-bond acceptors (Lipinski definition) is 4. The van der Waals surface area contributed by atoms with Crippen LogP contribution in [0.5, 0.6) is 0 Å². The lowest BCUT2D eigenvalue weighted by Gasteiger charge is -2.14. The molecule has 0 aliphatic rings. The Kier molecular flexibility index (Phi) is 10.2. The first-order valence-electron chi connectivity index (χ1n) is 8.32. The summed E-state index contributed by atoms with van der Waals surface area (Å²) >= 11 is 1.75. The highest BCUT2D eigenvalue weighted by atomic mass is 127. The van der Waals surface area contributed by atoms with Gasteiger partial charge in [-0.25, -0.2) is 4.79 Å². The van der Waals surface area contributed by atoms with Crippen LogP contribution in [-0.2, 0) is 17.8 Å². The Labute approximate surface area is 182 Å². The normalized spacial score (nSPS) is 10.7. The van der Waals surface area contributed by atoms with Gasteiger partial charge in [0.05, 0.1) is 12.7 Å². The van der Waals surface area contributed by atoms with E-state index in [1.54, 1.807) is 30.9 Å². The molecule has 2 N–H and O–H groups in total. The van der Waals surface area contributed by atoms with Gasteiger partial charge in [-0.3, -0.25) is 4.99 Å². The molecule has 0 radical (unpaired) electrons. The molecule has 0 fully saturated rings. The molecule has 0 atom stereocenters. The van der Waals surface area contributed by atoms with Gasteiger partial charge < -0.3 is 15.4 Å². The molecule has 2 rings (SSSR count). The Bertz CT molecular complexity index is 779. The highest BCUT2D eigenvalue weighted by Gasteiger charge is 2.06. The average molecular weight is 499 g/mol. The number of rotatable bonds is 6. The smallest absolute Gasteiger partial charge is 0.337 e. The van der Waals surface area contributed by atoms with E-state index in [1.807, 2.05) is 12.1 Å². The van der Waals surface area contributed by atoms with E-state index in [2.05, 4.69) is 47.0 Å². The van der Waals surface area contributed by atoms with E-state index < -0.39 is 0 Å². The molecule has 2 aromatic carbocycles. The van der Waals surface area contributed by atoms with Crippen LogP contribution in [-0.4, -0.2) is 32.3 Å². The Hall–Kier alpha value is -1.74.